The lowest BCUT2D eigenvalue weighted by Crippen LogP contribution is -2.49. The molecule has 0 aliphatic heterocycles. The number of amides is 2. The Morgan fingerprint density at radius 1 is 1.08 bits per heavy atom. The van der Waals surface area contributed by atoms with Gasteiger partial charge in [-0.15, -0.1) is 11.6 Å². The SMILES string of the molecule is CCOC(=O)c1[nH]c(C)c(/C(Cl)=C/C(C(=O)NCc2ccccc2)N(C(=O)CCl)c2ccc(OC)cc2)c1C. The second-order valence-electron chi connectivity index (χ2n) is 8.60. The number of hydrogen-bond acceptors (Lipinski definition) is 5. The van der Waals surface area contributed by atoms with Crippen LogP contribution in [-0.4, -0.2) is 48.4 Å². The Balaban J connectivity index is 2.08. The highest BCUT2D eigenvalue weighted by Gasteiger charge is 2.31. The third kappa shape index (κ3) is 7.22. The Bertz CT molecular complexity index is 1340. The molecule has 0 saturated heterocycles. The Morgan fingerprint density at radius 2 is 1.74 bits per heavy atom. The lowest BCUT2D eigenvalue weighted by molar-refractivity contribution is -0.124. The molecule has 1 atom stereocenters. The van der Waals surface area contributed by atoms with Gasteiger partial charge in [0.25, 0.3) is 0 Å². The summed E-state index contributed by atoms with van der Waals surface area (Å²) in [5, 5.41) is 3.07. The van der Waals surface area contributed by atoms with Gasteiger partial charge in [-0.2, -0.15) is 0 Å². The molecule has 1 heterocycles. The average molecular weight is 572 g/mol. The molecule has 0 bridgehead atoms. The number of carbonyl (C=O) groups excluding carboxylic acids is 3. The number of methoxy groups -OCH3 is 1. The van der Waals surface area contributed by atoms with E-state index in [4.69, 9.17) is 32.7 Å². The van der Waals surface area contributed by atoms with E-state index >= 15 is 0 Å². The minimum Gasteiger partial charge on any atom is -0.497 e. The molecule has 0 radical (unpaired) electrons. The molecule has 206 valence electrons. The van der Waals surface area contributed by atoms with Crippen LogP contribution in [0.25, 0.3) is 5.03 Å². The van der Waals surface area contributed by atoms with Crippen LogP contribution in [0.3, 0.4) is 0 Å². The molecule has 0 fully saturated rings. The molecule has 0 saturated carbocycles. The van der Waals surface area contributed by atoms with Crippen LogP contribution in [0.4, 0.5) is 5.69 Å². The minimum atomic E-state index is -1.17. The van der Waals surface area contributed by atoms with Crippen molar-refractivity contribution in [1.82, 2.24) is 10.3 Å². The number of aromatic amines is 1. The summed E-state index contributed by atoms with van der Waals surface area (Å²) in [5.41, 5.74) is 3.29. The second kappa shape index (κ2) is 13.9. The number of rotatable bonds is 11. The van der Waals surface area contributed by atoms with E-state index in [1.807, 2.05) is 30.3 Å². The van der Waals surface area contributed by atoms with Gasteiger partial charge in [0, 0.05) is 28.5 Å². The summed E-state index contributed by atoms with van der Waals surface area (Å²) in [5.74, 6) is -1.27. The fraction of sp³-hybridized carbons (Fsp3) is 0.276. The molecule has 8 nitrogen and oxygen atoms in total. The summed E-state index contributed by atoms with van der Waals surface area (Å²) in [6.07, 6.45) is 1.48. The lowest BCUT2D eigenvalue weighted by Gasteiger charge is -2.29. The Kier molecular flexibility index (Phi) is 10.6. The van der Waals surface area contributed by atoms with Crippen molar-refractivity contribution in [3.05, 3.63) is 88.8 Å². The van der Waals surface area contributed by atoms with Crippen molar-refractivity contribution in [3.8, 4) is 5.75 Å². The van der Waals surface area contributed by atoms with E-state index in [-0.39, 0.29) is 29.8 Å². The van der Waals surface area contributed by atoms with Crippen molar-refractivity contribution in [2.75, 3.05) is 24.5 Å². The van der Waals surface area contributed by atoms with E-state index in [0.29, 0.717) is 28.3 Å². The van der Waals surface area contributed by atoms with Crippen LogP contribution >= 0.6 is 23.2 Å². The van der Waals surface area contributed by atoms with Gasteiger partial charge >= 0.3 is 5.97 Å². The summed E-state index contributed by atoms with van der Waals surface area (Å²) in [7, 11) is 1.53. The second-order valence-corrected chi connectivity index (χ2v) is 9.28. The van der Waals surface area contributed by atoms with Gasteiger partial charge in [0.15, 0.2) is 0 Å². The number of nitrogens with one attached hydrogen (secondary N) is 2. The van der Waals surface area contributed by atoms with Crippen molar-refractivity contribution < 1.29 is 23.9 Å². The van der Waals surface area contributed by atoms with Crippen molar-refractivity contribution in [3.63, 3.8) is 0 Å². The molecule has 10 heteroatoms. The summed E-state index contributed by atoms with van der Waals surface area (Å²) >= 11 is 12.8. The van der Waals surface area contributed by atoms with E-state index in [1.165, 1.54) is 18.1 Å². The number of carbonyl (C=O) groups is 3. The number of ether oxygens (including phenoxy) is 2. The normalized spacial score (nSPS) is 12.0. The van der Waals surface area contributed by atoms with Gasteiger partial charge in [-0.25, -0.2) is 4.79 Å². The number of nitrogens with zero attached hydrogens (tertiary/aromatic N) is 1. The van der Waals surface area contributed by atoms with E-state index in [0.717, 1.165) is 5.56 Å². The topological polar surface area (TPSA) is 101 Å². The third-order valence-corrected chi connectivity index (χ3v) is 6.59. The Labute approximate surface area is 237 Å². The summed E-state index contributed by atoms with van der Waals surface area (Å²) in [4.78, 5) is 43.5. The standard InChI is InChI=1S/C29H31Cl2N3O5/c1-5-39-29(37)27-18(2)26(19(3)33-27)23(31)15-24(28(36)32-17-20-9-7-6-8-10-20)34(25(35)16-30)21-11-13-22(38-4)14-12-21/h6-15,24,33H,5,16-17H2,1-4H3,(H,32,36)/b23-15-. The van der Waals surface area contributed by atoms with Crippen molar-refractivity contribution in [1.29, 1.82) is 0 Å². The van der Waals surface area contributed by atoms with E-state index in [1.54, 1.807) is 45.0 Å². The first-order valence-corrected chi connectivity index (χ1v) is 13.2. The van der Waals surface area contributed by atoms with Crippen LogP contribution in [0, 0.1) is 13.8 Å². The highest BCUT2D eigenvalue weighted by molar-refractivity contribution is 6.49. The highest BCUT2D eigenvalue weighted by Crippen LogP contribution is 2.31. The number of esters is 1. The van der Waals surface area contributed by atoms with Gasteiger partial charge in [-0.05, 0) is 62.2 Å². The predicted octanol–water partition coefficient (Wildman–Crippen LogP) is 5.35. The predicted molar refractivity (Wildman–Crippen MR) is 153 cm³/mol. The minimum absolute atomic E-state index is 0.178. The molecular weight excluding hydrogens is 541 g/mol. The zero-order valence-electron chi connectivity index (χ0n) is 22.2. The first-order chi connectivity index (χ1) is 18.7. The fourth-order valence-electron chi connectivity index (χ4n) is 4.16. The molecule has 3 aromatic rings. The monoisotopic (exact) mass is 571 g/mol. The molecule has 0 aliphatic carbocycles. The zero-order chi connectivity index (χ0) is 28.5. The van der Waals surface area contributed by atoms with Crippen LogP contribution in [-0.2, 0) is 20.9 Å². The first kappa shape index (κ1) is 29.8. The molecule has 0 aliphatic rings. The molecule has 2 N–H and O–H groups in total. The van der Waals surface area contributed by atoms with Crippen LogP contribution in [0.5, 0.6) is 5.75 Å². The van der Waals surface area contributed by atoms with E-state index in [9.17, 15) is 14.4 Å². The molecule has 3 rings (SSSR count). The molecule has 2 aromatic carbocycles. The Morgan fingerprint density at radius 3 is 2.33 bits per heavy atom. The van der Waals surface area contributed by atoms with E-state index in [2.05, 4.69) is 10.3 Å². The fourth-order valence-corrected chi connectivity index (χ4v) is 4.69. The number of aromatic nitrogens is 1. The molecule has 0 spiro atoms. The zero-order valence-corrected chi connectivity index (χ0v) is 23.7. The lowest BCUT2D eigenvalue weighted by atomic mass is 10.1. The molecule has 39 heavy (non-hydrogen) atoms. The van der Waals surface area contributed by atoms with Gasteiger partial charge in [-0.1, -0.05) is 41.9 Å². The van der Waals surface area contributed by atoms with Crippen LogP contribution in [0.15, 0.2) is 60.7 Å². The van der Waals surface area contributed by atoms with Gasteiger partial charge in [0.05, 0.1) is 13.7 Å². The van der Waals surface area contributed by atoms with Crippen LogP contribution < -0.4 is 15.0 Å². The smallest absolute Gasteiger partial charge is 0.355 e. The van der Waals surface area contributed by atoms with Crippen molar-refractivity contribution >= 4 is 51.7 Å². The number of anilines is 1. The number of halogens is 2. The van der Waals surface area contributed by atoms with Gasteiger partial charge in [0.1, 0.15) is 23.4 Å². The summed E-state index contributed by atoms with van der Waals surface area (Å²) in [6, 6.07) is 14.9. The number of hydrogen-bond donors (Lipinski definition) is 2. The van der Waals surface area contributed by atoms with Crippen molar-refractivity contribution in [2.24, 2.45) is 0 Å². The third-order valence-electron chi connectivity index (χ3n) is 6.05. The number of alkyl halides is 1. The molecular formula is C29H31Cl2N3O5. The van der Waals surface area contributed by atoms with Crippen LogP contribution in [0.1, 0.15) is 39.8 Å². The maximum Gasteiger partial charge on any atom is 0.355 e. The molecule has 1 unspecified atom stereocenters. The van der Waals surface area contributed by atoms with Crippen LogP contribution in [0.2, 0.25) is 0 Å². The largest absolute Gasteiger partial charge is 0.497 e. The van der Waals surface area contributed by atoms with Gasteiger partial charge < -0.3 is 19.8 Å². The van der Waals surface area contributed by atoms with Gasteiger partial charge in [-0.3, -0.25) is 14.5 Å². The quantitative estimate of drug-likeness (QED) is 0.238. The number of H-pyrrole nitrogens is 1. The molecule has 2 amide bonds. The number of benzene rings is 2. The maximum atomic E-state index is 13.7. The van der Waals surface area contributed by atoms with E-state index < -0.39 is 23.8 Å². The van der Waals surface area contributed by atoms with Gasteiger partial charge in [0.2, 0.25) is 11.8 Å². The summed E-state index contributed by atoms with van der Waals surface area (Å²) < 4.78 is 10.4. The Hall–Kier alpha value is -3.75. The first-order valence-electron chi connectivity index (χ1n) is 12.3. The maximum absolute atomic E-state index is 13.7. The molecule has 1 aromatic heterocycles. The highest BCUT2D eigenvalue weighted by atomic mass is 35.5. The average Bonchev–Trinajstić information content (AvgIpc) is 3.25. The summed E-state index contributed by atoms with van der Waals surface area (Å²) in [6.45, 7) is 5.67. The number of aryl methyl sites for hydroxylation is 1. The van der Waals surface area contributed by atoms with Crippen molar-refractivity contribution in [2.45, 2.75) is 33.4 Å².